The van der Waals surface area contributed by atoms with Crippen LogP contribution in [0.5, 0.6) is 11.5 Å². The number of ether oxygens (including phenoxy) is 2. The van der Waals surface area contributed by atoms with Gasteiger partial charge in [-0.15, -0.1) is 0 Å². The number of nitrogens with one attached hydrogen (secondary N) is 1. The van der Waals surface area contributed by atoms with Crippen LogP contribution < -0.4 is 14.8 Å². The SMILES string of the molecule is CC(NC(=O)N1CCCC1c1ccc2c(c1)OCCO2)C1CC2CCC1C2. The topological polar surface area (TPSA) is 50.8 Å². The predicted octanol–water partition coefficient (Wildman–Crippen LogP) is 4.13. The number of carbonyl (C=O) groups excluding carboxylic acids is 1. The summed E-state index contributed by atoms with van der Waals surface area (Å²) in [7, 11) is 0. The molecule has 2 heterocycles. The molecule has 5 unspecified atom stereocenters. The average molecular weight is 370 g/mol. The molecule has 2 aliphatic heterocycles. The lowest BCUT2D eigenvalue weighted by molar-refractivity contribution is 0.169. The van der Waals surface area contributed by atoms with Gasteiger partial charge in [-0.25, -0.2) is 4.79 Å². The molecule has 1 aromatic rings. The monoisotopic (exact) mass is 370 g/mol. The lowest BCUT2D eigenvalue weighted by Gasteiger charge is -2.32. The van der Waals surface area contributed by atoms with Crippen LogP contribution in [0.2, 0.25) is 0 Å². The highest BCUT2D eigenvalue weighted by atomic mass is 16.6. The van der Waals surface area contributed by atoms with E-state index in [0.717, 1.165) is 48.3 Å². The summed E-state index contributed by atoms with van der Waals surface area (Å²) in [6.07, 6.45) is 7.51. The highest BCUT2D eigenvalue weighted by molar-refractivity contribution is 5.75. The maximum atomic E-state index is 13.1. The summed E-state index contributed by atoms with van der Waals surface area (Å²) in [4.78, 5) is 15.1. The molecule has 5 nitrogen and oxygen atoms in total. The van der Waals surface area contributed by atoms with Gasteiger partial charge in [-0.1, -0.05) is 12.5 Å². The summed E-state index contributed by atoms with van der Waals surface area (Å²) in [6.45, 7) is 4.23. The molecule has 2 aliphatic carbocycles. The third-order valence-corrected chi connectivity index (χ3v) is 7.25. The van der Waals surface area contributed by atoms with Crippen LogP contribution in [0.25, 0.3) is 0 Å². The highest BCUT2D eigenvalue weighted by Crippen LogP contribution is 2.49. The molecule has 0 radical (unpaired) electrons. The van der Waals surface area contributed by atoms with Crippen LogP contribution in [0.4, 0.5) is 4.79 Å². The van der Waals surface area contributed by atoms with E-state index in [4.69, 9.17) is 9.47 Å². The number of fused-ring (bicyclic) bond motifs is 3. The Morgan fingerprint density at radius 2 is 2.00 bits per heavy atom. The predicted molar refractivity (Wildman–Crippen MR) is 103 cm³/mol. The van der Waals surface area contributed by atoms with E-state index in [1.165, 1.54) is 25.7 Å². The molecule has 0 aromatic heterocycles. The minimum Gasteiger partial charge on any atom is -0.486 e. The highest BCUT2D eigenvalue weighted by Gasteiger charge is 2.42. The summed E-state index contributed by atoms with van der Waals surface area (Å²) in [5.74, 6) is 4.03. The third kappa shape index (κ3) is 3.15. The van der Waals surface area contributed by atoms with Crippen LogP contribution >= 0.6 is 0 Å². The van der Waals surface area contributed by atoms with Crippen molar-refractivity contribution >= 4 is 6.03 Å². The second kappa shape index (κ2) is 6.92. The van der Waals surface area contributed by atoms with Gasteiger partial charge < -0.3 is 19.7 Å². The Balaban J connectivity index is 1.27. The Hall–Kier alpha value is -1.91. The zero-order chi connectivity index (χ0) is 18.4. The van der Waals surface area contributed by atoms with Crippen molar-refractivity contribution in [3.63, 3.8) is 0 Å². The van der Waals surface area contributed by atoms with Crippen LogP contribution in [0.1, 0.15) is 57.1 Å². The molecule has 4 aliphatic rings. The van der Waals surface area contributed by atoms with Gasteiger partial charge in [0.2, 0.25) is 0 Å². The van der Waals surface area contributed by atoms with E-state index in [2.05, 4.69) is 24.4 Å². The smallest absolute Gasteiger partial charge is 0.318 e. The number of likely N-dealkylation sites (tertiary alicyclic amines) is 1. The molecule has 3 fully saturated rings. The van der Waals surface area contributed by atoms with Crippen LogP contribution in [-0.2, 0) is 0 Å². The maximum absolute atomic E-state index is 13.1. The van der Waals surface area contributed by atoms with Crippen molar-refractivity contribution in [1.82, 2.24) is 10.2 Å². The normalized spacial score (nSPS) is 32.6. The number of hydrogen-bond donors (Lipinski definition) is 1. The maximum Gasteiger partial charge on any atom is 0.318 e. The van der Waals surface area contributed by atoms with E-state index in [9.17, 15) is 4.79 Å². The average Bonchev–Trinajstić information content (AvgIpc) is 3.43. The molecule has 2 saturated carbocycles. The Bertz CT molecular complexity index is 722. The van der Waals surface area contributed by atoms with Gasteiger partial charge in [0.15, 0.2) is 11.5 Å². The lowest BCUT2D eigenvalue weighted by atomic mass is 9.84. The van der Waals surface area contributed by atoms with Crippen molar-refractivity contribution in [1.29, 1.82) is 0 Å². The lowest BCUT2D eigenvalue weighted by Crippen LogP contribution is -2.47. The van der Waals surface area contributed by atoms with E-state index in [0.29, 0.717) is 19.1 Å². The third-order valence-electron chi connectivity index (χ3n) is 7.25. The van der Waals surface area contributed by atoms with Gasteiger partial charge in [0.05, 0.1) is 6.04 Å². The molecule has 0 spiro atoms. The van der Waals surface area contributed by atoms with Gasteiger partial charge in [-0.05, 0) is 74.5 Å². The van der Waals surface area contributed by atoms with Gasteiger partial charge in [0.25, 0.3) is 0 Å². The number of carbonyl (C=O) groups is 1. The number of rotatable bonds is 3. The van der Waals surface area contributed by atoms with E-state index in [-0.39, 0.29) is 18.1 Å². The van der Waals surface area contributed by atoms with Gasteiger partial charge in [-0.2, -0.15) is 0 Å². The molecule has 27 heavy (non-hydrogen) atoms. The first kappa shape index (κ1) is 17.2. The molecule has 146 valence electrons. The summed E-state index contributed by atoms with van der Waals surface area (Å²) in [5, 5.41) is 3.34. The van der Waals surface area contributed by atoms with Crippen LogP contribution in [-0.4, -0.2) is 36.7 Å². The quantitative estimate of drug-likeness (QED) is 0.870. The van der Waals surface area contributed by atoms with Gasteiger partial charge in [0.1, 0.15) is 13.2 Å². The zero-order valence-electron chi connectivity index (χ0n) is 16.2. The molecule has 2 bridgehead atoms. The van der Waals surface area contributed by atoms with Crippen molar-refractivity contribution in [3.8, 4) is 11.5 Å². The van der Waals surface area contributed by atoms with Crippen LogP contribution in [0.3, 0.4) is 0 Å². The van der Waals surface area contributed by atoms with Crippen LogP contribution in [0.15, 0.2) is 18.2 Å². The molecule has 5 atom stereocenters. The molecular weight excluding hydrogens is 340 g/mol. The van der Waals surface area contributed by atoms with Crippen LogP contribution in [0, 0.1) is 17.8 Å². The number of hydrogen-bond acceptors (Lipinski definition) is 3. The number of nitrogens with zero attached hydrogens (tertiary/aromatic N) is 1. The Kier molecular flexibility index (Phi) is 4.41. The Morgan fingerprint density at radius 1 is 1.15 bits per heavy atom. The van der Waals surface area contributed by atoms with Gasteiger partial charge in [-0.3, -0.25) is 0 Å². The first-order chi connectivity index (χ1) is 13.2. The molecule has 1 N–H and O–H groups in total. The first-order valence-corrected chi connectivity index (χ1v) is 10.7. The fraction of sp³-hybridized carbons (Fsp3) is 0.682. The number of amides is 2. The zero-order valence-corrected chi connectivity index (χ0v) is 16.2. The minimum absolute atomic E-state index is 0.0997. The summed E-state index contributed by atoms with van der Waals surface area (Å²) in [6, 6.07) is 6.63. The van der Waals surface area contributed by atoms with Crippen molar-refractivity contribution in [3.05, 3.63) is 23.8 Å². The molecule has 2 amide bonds. The van der Waals surface area contributed by atoms with Gasteiger partial charge >= 0.3 is 6.03 Å². The first-order valence-electron chi connectivity index (χ1n) is 10.7. The number of urea groups is 1. The van der Waals surface area contributed by atoms with E-state index >= 15 is 0 Å². The van der Waals surface area contributed by atoms with E-state index in [1.807, 2.05) is 11.0 Å². The van der Waals surface area contributed by atoms with Gasteiger partial charge in [0, 0.05) is 12.6 Å². The largest absolute Gasteiger partial charge is 0.486 e. The summed E-state index contributed by atoms with van der Waals surface area (Å²) in [5.41, 5.74) is 1.15. The number of benzene rings is 1. The molecule has 5 heteroatoms. The standard InChI is InChI=1S/C22H30N2O3/c1-14(18-12-15-4-5-16(18)11-15)23-22(25)24-8-2-3-19(24)17-6-7-20-21(13-17)27-10-9-26-20/h6-7,13-16,18-19H,2-5,8-12H2,1H3,(H,23,25). The molecule has 1 saturated heterocycles. The van der Waals surface area contributed by atoms with E-state index < -0.39 is 0 Å². The summed E-state index contributed by atoms with van der Waals surface area (Å²) >= 11 is 0. The van der Waals surface area contributed by atoms with Crippen molar-refractivity contribution in [2.75, 3.05) is 19.8 Å². The molecular formula is C22H30N2O3. The summed E-state index contributed by atoms with van der Waals surface area (Å²) < 4.78 is 11.4. The minimum atomic E-state index is 0.0997. The Morgan fingerprint density at radius 3 is 2.78 bits per heavy atom. The van der Waals surface area contributed by atoms with E-state index in [1.54, 1.807) is 0 Å². The molecule has 1 aromatic carbocycles. The van der Waals surface area contributed by atoms with Crippen molar-refractivity contribution in [2.45, 2.75) is 57.5 Å². The fourth-order valence-electron chi connectivity index (χ4n) is 5.91. The fourth-order valence-corrected chi connectivity index (χ4v) is 5.91. The second-order valence-corrected chi connectivity index (χ2v) is 8.83. The van der Waals surface area contributed by atoms with Crippen molar-refractivity contribution in [2.24, 2.45) is 17.8 Å². The Labute approximate surface area is 161 Å². The second-order valence-electron chi connectivity index (χ2n) is 8.83. The molecule has 5 rings (SSSR count). The van der Waals surface area contributed by atoms with Crippen molar-refractivity contribution < 1.29 is 14.3 Å².